The number of rotatable bonds is 2. The molecule has 1 aromatic heterocycles. The molecule has 0 atom stereocenters. The minimum atomic E-state index is -0.499. The van der Waals surface area contributed by atoms with Gasteiger partial charge < -0.3 is 10.3 Å². The van der Waals surface area contributed by atoms with Crippen LogP contribution in [0.4, 0.5) is 10.2 Å². The maximum atomic E-state index is 13.3. The van der Waals surface area contributed by atoms with Crippen molar-refractivity contribution < 1.29 is 8.91 Å². The normalized spacial score (nSPS) is 10.8. The van der Waals surface area contributed by atoms with Gasteiger partial charge in [-0.15, -0.1) is 0 Å². The van der Waals surface area contributed by atoms with Gasteiger partial charge in [0, 0.05) is 10.6 Å². The van der Waals surface area contributed by atoms with Crippen LogP contribution in [0.2, 0.25) is 10.0 Å². The molecule has 3 nitrogen and oxygen atoms in total. The van der Waals surface area contributed by atoms with Gasteiger partial charge in [0.25, 0.3) is 0 Å². The van der Waals surface area contributed by atoms with Crippen LogP contribution in [0.5, 0.6) is 0 Å². The Balaban J connectivity index is 2.16. The lowest BCUT2D eigenvalue weighted by Gasteiger charge is -2.04. The monoisotopic (exact) mass is 322 g/mol. The van der Waals surface area contributed by atoms with E-state index >= 15 is 0 Å². The first kappa shape index (κ1) is 13.9. The largest absolute Gasteiger partial charge is 0.380 e. The molecule has 3 rings (SSSR count). The van der Waals surface area contributed by atoms with Crippen molar-refractivity contribution in [3.05, 3.63) is 58.3 Å². The Kier molecular flexibility index (Phi) is 3.57. The van der Waals surface area contributed by atoms with Gasteiger partial charge in [0.15, 0.2) is 11.6 Å². The van der Waals surface area contributed by atoms with Gasteiger partial charge >= 0.3 is 0 Å². The van der Waals surface area contributed by atoms with Crippen LogP contribution in [-0.2, 0) is 0 Å². The summed E-state index contributed by atoms with van der Waals surface area (Å²) in [5.74, 6) is 0.172. The summed E-state index contributed by atoms with van der Waals surface area (Å²) < 4.78 is 18.5. The van der Waals surface area contributed by atoms with Crippen molar-refractivity contribution in [2.45, 2.75) is 0 Å². The van der Waals surface area contributed by atoms with Gasteiger partial charge in [-0.05, 0) is 35.9 Å². The van der Waals surface area contributed by atoms with Crippen LogP contribution < -0.4 is 5.73 Å². The molecule has 106 valence electrons. The standard InChI is InChI=1S/C15H9Cl2FN2O/c16-10-4-1-8(2-5-10)13-14(21-20-15(13)19)9-3-6-12(18)11(17)7-9/h1-7H,(H2,19,20). The number of hydrogen-bond acceptors (Lipinski definition) is 3. The first-order chi connectivity index (χ1) is 10.1. The molecular formula is C15H9Cl2FN2O. The second kappa shape index (κ2) is 5.39. The Hall–Kier alpha value is -2.04. The summed E-state index contributed by atoms with van der Waals surface area (Å²) in [5.41, 5.74) is 7.88. The van der Waals surface area contributed by atoms with Crippen molar-refractivity contribution >= 4 is 29.0 Å². The van der Waals surface area contributed by atoms with Gasteiger partial charge in [-0.3, -0.25) is 0 Å². The van der Waals surface area contributed by atoms with Crippen LogP contribution in [-0.4, -0.2) is 5.16 Å². The maximum Gasteiger partial charge on any atom is 0.176 e. The van der Waals surface area contributed by atoms with E-state index in [1.807, 2.05) is 0 Å². The molecule has 21 heavy (non-hydrogen) atoms. The topological polar surface area (TPSA) is 52.0 Å². The van der Waals surface area contributed by atoms with Crippen molar-refractivity contribution in [1.29, 1.82) is 0 Å². The molecule has 0 bridgehead atoms. The minimum absolute atomic E-state index is 0.00419. The van der Waals surface area contributed by atoms with Crippen molar-refractivity contribution in [2.75, 3.05) is 5.73 Å². The molecular weight excluding hydrogens is 314 g/mol. The zero-order valence-corrected chi connectivity index (χ0v) is 12.1. The van der Waals surface area contributed by atoms with Gasteiger partial charge in [-0.1, -0.05) is 40.5 Å². The number of nitrogens with two attached hydrogens (primary N) is 1. The van der Waals surface area contributed by atoms with Crippen LogP contribution >= 0.6 is 23.2 Å². The lowest BCUT2D eigenvalue weighted by Crippen LogP contribution is -1.89. The van der Waals surface area contributed by atoms with Crippen molar-refractivity contribution in [2.24, 2.45) is 0 Å². The summed E-state index contributed by atoms with van der Waals surface area (Å²) in [6, 6.07) is 11.4. The summed E-state index contributed by atoms with van der Waals surface area (Å²) in [5, 5.41) is 4.39. The lowest BCUT2D eigenvalue weighted by molar-refractivity contribution is 0.436. The number of halogens is 3. The SMILES string of the molecule is Nc1noc(-c2ccc(F)c(Cl)c2)c1-c1ccc(Cl)cc1. The number of nitrogen functional groups attached to an aromatic ring is 1. The molecule has 0 aliphatic carbocycles. The zero-order valence-electron chi connectivity index (χ0n) is 10.6. The zero-order chi connectivity index (χ0) is 15.0. The van der Waals surface area contributed by atoms with E-state index in [0.717, 1.165) is 5.56 Å². The Morgan fingerprint density at radius 1 is 1.00 bits per heavy atom. The first-order valence-electron chi connectivity index (χ1n) is 6.03. The molecule has 0 saturated heterocycles. The van der Waals surface area contributed by atoms with Gasteiger partial charge in [-0.2, -0.15) is 0 Å². The molecule has 0 saturated carbocycles. The van der Waals surface area contributed by atoms with E-state index in [1.54, 1.807) is 30.3 Å². The number of anilines is 1. The summed E-state index contributed by atoms with van der Waals surface area (Å²) in [7, 11) is 0. The molecule has 0 radical (unpaired) electrons. The summed E-state index contributed by atoms with van der Waals surface area (Å²) in [6.45, 7) is 0. The molecule has 0 amide bonds. The van der Waals surface area contributed by atoms with Crippen LogP contribution in [0.15, 0.2) is 47.0 Å². The van der Waals surface area contributed by atoms with Gasteiger partial charge in [0.05, 0.1) is 10.6 Å². The Labute approximate surface area is 130 Å². The van der Waals surface area contributed by atoms with Crippen molar-refractivity contribution in [3.8, 4) is 22.5 Å². The third-order valence-corrected chi connectivity index (χ3v) is 3.57. The fourth-order valence-electron chi connectivity index (χ4n) is 2.03. The third-order valence-electron chi connectivity index (χ3n) is 3.03. The predicted octanol–water partition coefficient (Wildman–Crippen LogP) is 5.04. The van der Waals surface area contributed by atoms with E-state index < -0.39 is 5.82 Å². The summed E-state index contributed by atoms with van der Waals surface area (Å²) >= 11 is 11.7. The summed E-state index contributed by atoms with van der Waals surface area (Å²) in [6.07, 6.45) is 0. The Morgan fingerprint density at radius 3 is 2.33 bits per heavy atom. The highest BCUT2D eigenvalue weighted by Crippen LogP contribution is 2.37. The molecule has 0 fully saturated rings. The molecule has 2 aromatic carbocycles. The quantitative estimate of drug-likeness (QED) is 0.719. The van der Waals surface area contributed by atoms with Crippen LogP contribution in [0.1, 0.15) is 0 Å². The first-order valence-corrected chi connectivity index (χ1v) is 6.78. The fourth-order valence-corrected chi connectivity index (χ4v) is 2.34. The van der Waals surface area contributed by atoms with E-state index in [0.29, 0.717) is 21.9 Å². The van der Waals surface area contributed by atoms with E-state index in [1.165, 1.54) is 12.1 Å². The Morgan fingerprint density at radius 2 is 1.67 bits per heavy atom. The molecule has 0 aliphatic rings. The highest BCUT2D eigenvalue weighted by atomic mass is 35.5. The highest BCUT2D eigenvalue weighted by Gasteiger charge is 2.18. The van der Waals surface area contributed by atoms with E-state index in [2.05, 4.69) is 5.16 Å². The van der Waals surface area contributed by atoms with Crippen molar-refractivity contribution in [3.63, 3.8) is 0 Å². The van der Waals surface area contributed by atoms with Gasteiger partial charge in [0.2, 0.25) is 0 Å². The Bertz CT molecular complexity index is 800. The highest BCUT2D eigenvalue weighted by molar-refractivity contribution is 6.31. The second-order valence-electron chi connectivity index (χ2n) is 4.41. The average molecular weight is 323 g/mol. The van der Waals surface area contributed by atoms with Crippen LogP contribution in [0, 0.1) is 5.82 Å². The van der Waals surface area contributed by atoms with Gasteiger partial charge in [0.1, 0.15) is 5.82 Å². The lowest BCUT2D eigenvalue weighted by atomic mass is 10.0. The van der Waals surface area contributed by atoms with Crippen LogP contribution in [0.3, 0.4) is 0 Å². The molecule has 0 aliphatic heterocycles. The van der Waals surface area contributed by atoms with Crippen LogP contribution in [0.25, 0.3) is 22.5 Å². The third kappa shape index (κ3) is 2.60. The smallest absolute Gasteiger partial charge is 0.176 e. The number of aromatic nitrogens is 1. The number of benzene rings is 2. The number of hydrogen-bond donors (Lipinski definition) is 1. The molecule has 0 unspecified atom stereocenters. The van der Waals surface area contributed by atoms with Crippen molar-refractivity contribution in [1.82, 2.24) is 5.16 Å². The molecule has 2 N–H and O–H groups in total. The van der Waals surface area contributed by atoms with E-state index in [9.17, 15) is 4.39 Å². The summed E-state index contributed by atoms with van der Waals surface area (Å²) in [4.78, 5) is 0. The second-order valence-corrected chi connectivity index (χ2v) is 5.25. The molecule has 1 heterocycles. The molecule has 0 spiro atoms. The molecule has 3 aromatic rings. The minimum Gasteiger partial charge on any atom is -0.380 e. The predicted molar refractivity (Wildman–Crippen MR) is 81.8 cm³/mol. The number of nitrogens with zero attached hydrogens (tertiary/aromatic N) is 1. The van der Waals surface area contributed by atoms with E-state index in [-0.39, 0.29) is 10.8 Å². The fraction of sp³-hybridized carbons (Fsp3) is 0. The van der Waals surface area contributed by atoms with Gasteiger partial charge in [-0.25, -0.2) is 4.39 Å². The maximum absolute atomic E-state index is 13.3. The average Bonchev–Trinajstić information content (AvgIpc) is 2.85. The van der Waals surface area contributed by atoms with E-state index in [4.69, 9.17) is 33.5 Å². The molecule has 6 heteroatoms.